The van der Waals surface area contributed by atoms with Crippen molar-refractivity contribution in [2.45, 2.75) is 37.6 Å². The summed E-state index contributed by atoms with van der Waals surface area (Å²) in [4.78, 5) is 25.3. The molecule has 0 atom stereocenters. The zero-order chi connectivity index (χ0) is 18.9. The van der Waals surface area contributed by atoms with Crippen LogP contribution in [0.25, 0.3) is 22.5 Å². The number of hydrogen-bond acceptors (Lipinski definition) is 4. The zero-order valence-corrected chi connectivity index (χ0v) is 15.6. The molecule has 28 heavy (non-hydrogen) atoms. The van der Waals surface area contributed by atoms with Gasteiger partial charge in [0.05, 0.1) is 30.3 Å². The van der Waals surface area contributed by atoms with Gasteiger partial charge in [0, 0.05) is 41.2 Å². The molecule has 0 saturated heterocycles. The highest BCUT2D eigenvalue weighted by Crippen LogP contribution is 2.45. The van der Waals surface area contributed by atoms with Crippen LogP contribution in [0.4, 0.5) is 0 Å². The second-order valence-electron chi connectivity index (χ2n) is 8.08. The van der Waals surface area contributed by atoms with E-state index in [4.69, 9.17) is 4.74 Å². The molecular formula is C22H20N4O2. The first-order valence-electron chi connectivity index (χ1n) is 9.71. The first-order chi connectivity index (χ1) is 13.7. The lowest BCUT2D eigenvalue weighted by Crippen LogP contribution is -2.43. The summed E-state index contributed by atoms with van der Waals surface area (Å²) in [5.41, 5.74) is 8.34. The van der Waals surface area contributed by atoms with Gasteiger partial charge in [-0.05, 0) is 48.9 Å². The maximum absolute atomic E-state index is 12.8. The van der Waals surface area contributed by atoms with Crippen LogP contribution in [-0.4, -0.2) is 33.5 Å². The molecule has 1 amide bonds. The van der Waals surface area contributed by atoms with E-state index in [1.165, 1.54) is 5.56 Å². The van der Waals surface area contributed by atoms with E-state index in [9.17, 15) is 4.79 Å². The van der Waals surface area contributed by atoms with Gasteiger partial charge in [-0.3, -0.25) is 14.8 Å². The van der Waals surface area contributed by atoms with E-state index in [1.54, 1.807) is 19.5 Å². The summed E-state index contributed by atoms with van der Waals surface area (Å²) in [7, 11) is 1.63. The number of nitrogens with one attached hydrogen (secondary N) is 2. The highest BCUT2D eigenvalue weighted by molar-refractivity contribution is 6.01. The Morgan fingerprint density at radius 3 is 2.86 bits per heavy atom. The molecule has 6 heteroatoms. The zero-order valence-electron chi connectivity index (χ0n) is 15.6. The fourth-order valence-electron chi connectivity index (χ4n) is 4.62. The maximum Gasteiger partial charge on any atom is 0.253 e. The second-order valence-corrected chi connectivity index (χ2v) is 8.08. The van der Waals surface area contributed by atoms with E-state index >= 15 is 0 Å². The van der Waals surface area contributed by atoms with Crippen molar-refractivity contribution in [1.29, 1.82) is 0 Å². The lowest BCUT2D eigenvalue weighted by atomic mass is 9.87. The molecule has 0 radical (unpaired) electrons. The molecule has 6 nitrogen and oxygen atoms in total. The molecule has 1 spiro atoms. The van der Waals surface area contributed by atoms with Crippen molar-refractivity contribution in [2.24, 2.45) is 0 Å². The van der Waals surface area contributed by atoms with Crippen LogP contribution in [0.1, 0.15) is 40.0 Å². The largest absolute Gasteiger partial charge is 0.495 e. The summed E-state index contributed by atoms with van der Waals surface area (Å²) in [6.07, 6.45) is 10.3. The van der Waals surface area contributed by atoms with Gasteiger partial charge < -0.3 is 15.0 Å². The number of aromatic amines is 1. The Morgan fingerprint density at radius 2 is 2.04 bits per heavy atom. The highest BCUT2D eigenvalue weighted by atomic mass is 16.5. The van der Waals surface area contributed by atoms with E-state index in [1.807, 2.05) is 12.3 Å². The van der Waals surface area contributed by atoms with Crippen molar-refractivity contribution in [3.05, 3.63) is 53.1 Å². The van der Waals surface area contributed by atoms with Gasteiger partial charge in [-0.15, -0.1) is 0 Å². The third kappa shape index (κ3) is 2.24. The number of hydrogen-bond donors (Lipinski definition) is 2. The van der Waals surface area contributed by atoms with Crippen molar-refractivity contribution in [3.8, 4) is 28.3 Å². The number of aryl methyl sites for hydroxylation is 1. The quantitative estimate of drug-likeness (QED) is 0.725. The van der Waals surface area contributed by atoms with Crippen LogP contribution in [0.2, 0.25) is 0 Å². The highest BCUT2D eigenvalue weighted by Gasteiger charge is 2.49. The van der Waals surface area contributed by atoms with Gasteiger partial charge in [-0.25, -0.2) is 0 Å². The number of amides is 1. The number of aromatic nitrogens is 3. The number of fused-ring (bicyclic) bond motifs is 5. The van der Waals surface area contributed by atoms with Crippen LogP contribution >= 0.6 is 0 Å². The minimum atomic E-state index is 0.00995. The lowest BCUT2D eigenvalue weighted by Gasteiger charge is -2.24. The molecule has 3 aromatic heterocycles. The summed E-state index contributed by atoms with van der Waals surface area (Å²) in [5, 5.41) is 3.24. The van der Waals surface area contributed by atoms with Crippen LogP contribution in [0.15, 0.2) is 30.7 Å². The van der Waals surface area contributed by atoms with Crippen molar-refractivity contribution in [2.75, 3.05) is 7.11 Å². The topological polar surface area (TPSA) is 79.9 Å². The summed E-state index contributed by atoms with van der Waals surface area (Å²) in [5.74, 6) is 0.797. The monoisotopic (exact) mass is 372 g/mol. The first-order valence-corrected chi connectivity index (χ1v) is 9.71. The van der Waals surface area contributed by atoms with Gasteiger partial charge in [0.25, 0.3) is 5.91 Å². The number of H-pyrrole nitrogens is 1. The molecule has 6 rings (SSSR count). The number of ether oxygens (including phenoxy) is 1. The number of nitrogens with zero attached hydrogens (tertiary/aromatic N) is 2. The van der Waals surface area contributed by atoms with Crippen molar-refractivity contribution in [1.82, 2.24) is 20.3 Å². The van der Waals surface area contributed by atoms with Crippen LogP contribution in [0.3, 0.4) is 0 Å². The van der Waals surface area contributed by atoms with Crippen LogP contribution in [-0.2, 0) is 19.3 Å². The van der Waals surface area contributed by atoms with Gasteiger partial charge in [-0.1, -0.05) is 0 Å². The number of carbonyl (C=O) groups is 1. The number of methoxy groups -OCH3 is 1. The predicted molar refractivity (Wildman–Crippen MR) is 104 cm³/mol. The summed E-state index contributed by atoms with van der Waals surface area (Å²) in [6.45, 7) is 0. The van der Waals surface area contributed by atoms with Gasteiger partial charge in [0.2, 0.25) is 0 Å². The molecule has 4 heterocycles. The molecule has 1 aliphatic heterocycles. The molecular weight excluding hydrogens is 352 g/mol. The SMILES string of the molecule is COc1cncc(-c2cc3c(cn2)CCc2c-3[nH]c3c2C(=O)NC2(CC2)C3)c1. The van der Waals surface area contributed by atoms with Crippen LogP contribution in [0.5, 0.6) is 5.75 Å². The summed E-state index contributed by atoms with van der Waals surface area (Å²) in [6, 6.07) is 4.05. The van der Waals surface area contributed by atoms with Gasteiger partial charge >= 0.3 is 0 Å². The molecule has 0 unspecified atom stereocenters. The third-order valence-corrected chi connectivity index (χ3v) is 6.30. The van der Waals surface area contributed by atoms with Gasteiger partial charge in [0.1, 0.15) is 5.75 Å². The van der Waals surface area contributed by atoms with E-state index in [2.05, 4.69) is 26.3 Å². The number of rotatable bonds is 2. The first kappa shape index (κ1) is 15.9. The predicted octanol–water partition coefficient (Wildman–Crippen LogP) is 3.06. The van der Waals surface area contributed by atoms with E-state index < -0.39 is 0 Å². The average molecular weight is 372 g/mol. The molecule has 3 aliphatic rings. The molecule has 1 saturated carbocycles. The summed E-state index contributed by atoms with van der Waals surface area (Å²) < 4.78 is 5.30. The van der Waals surface area contributed by atoms with Crippen molar-refractivity contribution >= 4 is 5.91 Å². The Kier molecular flexibility index (Phi) is 3.08. The molecule has 3 aromatic rings. The Labute approximate surface area is 162 Å². The van der Waals surface area contributed by atoms with Crippen molar-refractivity contribution in [3.63, 3.8) is 0 Å². The Morgan fingerprint density at radius 1 is 1.14 bits per heavy atom. The third-order valence-electron chi connectivity index (χ3n) is 6.30. The van der Waals surface area contributed by atoms with Gasteiger partial charge in [-0.2, -0.15) is 0 Å². The Hall–Kier alpha value is -3.15. The molecule has 140 valence electrons. The van der Waals surface area contributed by atoms with Gasteiger partial charge in [0.15, 0.2) is 0 Å². The molecule has 1 fully saturated rings. The smallest absolute Gasteiger partial charge is 0.253 e. The number of carbonyl (C=O) groups excluding carboxylic acids is 1. The van der Waals surface area contributed by atoms with Crippen LogP contribution in [0, 0.1) is 0 Å². The fourth-order valence-corrected chi connectivity index (χ4v) is 4.62. The molecule has 2 aliphatic carbocycles. The molecule has 0 bridgehead atoms. The van der Waals surface area contributed by atoms with E-state index in [0.717, 1.165) is 71.4 Å². The number of pyridine rings is 2. The summed E-state index contributed by atoms with van der Waals surface area (Å²) >= 11 is 0. The molecule has 0 aromatic carbocycles. The maximum atomic E-state index is 12.8. The standard InChI is InChI=1S/C22H20N4O2/c1-28-14-6-13(9-23-11-14)17-7-16-12(10-24-17)2-3-15-19-18(25-20(15)16)8-22(4-5-22)26-21(19)27/h6-7,9-11,25H,2-5,8H2,1H3,(H,26,27). The molecule has 2 N–H and O–H groups in total. The lowest BCUT2D eigenvalue weighted by molar-refractivity contribution is 0.0917. The van der Waals surface area contributed by atoms with Crippen molar-refractivity contribution < 1.29 is 9.53 Å². The fraction of sp³-hybridized carbons (Fsp3) is 0.318. The Bertz CT molecular complexity index is 1140. The second kappa shape index (κ2) is 5.44. The minimum absolute atomic E-state index is 0.00995. The average Bonchev–Trinajstić information content (AvgIpc) is 3.34. The minimum Gasteiger partial charge on any atom is -0.495 e. The van der Waals surface area contributed by atoms with Crippen LogP contribution < -0.4 is 10.1 Å². The normalized spacial score (nSPS) is 18.1. The Balaban J connectivity index is 1.48. The van der Waals surface area contributed by atoms with E-state index in [-0.39, 0.29) is 11.4 Å². The van der Waals surface area contributed by atoms with E-state index in [0.29, 0.717) is 5.75 Å².